The second kappa shape index (κ2) is 11.4. The van der Waals surface area contributed by atoms with E-state index in [1.165, 1.54) is 11.0 Å². The van der Waals surface area contributed by atoms with Crippen LogP contribution in [0, 0.1) is 12.7 Å². The molecule has 0 radical (unpaired) electrons. The van der Waals surface area contributed by atoms with Crippen LogP contribution in [0.5, 0.6) is 5.75 Å². The van der Waals surface area contributed by atoms with Gasteiger partial charge in [0, 0.05) is 44.2 Å². The van der Waals surface area contributed by atoms with Crippen molar-refractivity contribution in [3.8, 4) is 17.1 Å². The zero-order valence-corrected chi connectivity index (χ0v) is 23.5. The topological polar surface area (TPSA) is 99.9 Å². The van der Waals surface area contributed by atoms with E-state index in [0.29, 0.717) is 42.6 Å². The predicted octanol–water partition coefficient (Wildman–Crippen LogP) is 4.61. The van der Waals surface area contributed by atoms with Gasteiger partial charge in [0.05, 0.1) is 18.8 Å². The molecule has 9 nitrogen and oxygen atoms in total. The van der Waals surface area contributed by atoms with Crippen molar-refractivity contribution >= 4 is 17.8 Å². The van der Waals surface area contributed by atoms with Crippen molar-refractivity contribution in [3.05, 3.63) is 100 Å². The number of carbonyl (C=O) groups is 2. The monoisotopic (exact) mass is 569 g/mol. The normalized spacial score (nSPS) is 17.0. The SMILES string of the molecule is Cc1cccc(F)c1COc1ccc(CN2Cc3ccc(-c4ncc(N5CCC(=O)NC5=O)n4C)cc3[C@@H]2CO)cc1. The maximum atomic E-state index is 14.1. The van der Waals surface area contributed by atoms with Gasteiger partial charge in [0.15, 0.2) is 0 Å². The molecule has 1 atom stereocenters. The summed E-state index contributed by atoms with van der Waals surface area (Å²) >= 11 is 0. The quantitative estimate of drug-likeness (QED) is 0.322. The molecule has 0 bridgehead atoms. The van der Waals surface area contributed by atoms with Gasteiger partial charge in [0.1, 0.15) is 29.8 Å². The van der Waals surface area contributed by atoms with E-state index in [1.54, 1.807) is 12.3 Å². The average molecular weight is 570 g/mol. The summed E-state index contributed by atoms with van der Waals surface area (Å²) in [5.74, 6) is 1.41. The summed E-state index contributed by atoms with van der Waals surface area (Å²) in [6, 6.07) is 18.3. The van der Waals surface area contributed by atoms with E-state index in [4.69, 9.17) is 4.74 Å². The van der Waals surface area contributed by atoms with Crippen LogP contribution in [0.1, 0.15) is 40.3 Å². The number of aryl methyl sites for hydroxylation is 1. The molecule has 1 saturated heterocycles. The average Bonchev–Trinajstić information content (AvgIpc) is 3.52. The van der Waals surface area contributed by atoms with Gasteiger partial charge in [-0.1, -0.05) is 36.4 Å². The molecule has 1 aromatic heterocycles. The summed E-state index contributed by atoms with van der Waals surface area (Å²) < 4.78 is 21.8. The van der Waals surface area contributed by atoms with Gasteiger partial charge in [-0.3, -0.25) is 19.9 Å². The molecule has 0 unspecified atom stereocenters. The van der Waals surface area contributed by atoms with Crippen molar-refractivity contribution < 1.29 is 23.8 Å². The zero-order chi connectivity index (χ0) is 29.4. The summed E-state index contributed by atoms with van der Waals surface area (Å²) in [4.78, 5) is 32.2. The fourth-order valence-electron chi connectivity index (χ4n) is 5.73. The molecule has 3 aromatic carbocycles. The van der Waals surface area contributed by atoms with E-state index in [9.17, 15) is 19.1 Å². The van der Waals surface area contributed by atoms with Gasteiger partial charge >= 0.3 is 6.03 Å². The molecular formula is C32H32FN5O4. The zero-order valence-electron chi connectivity index (χ0n) is 23.5. The first-order valence-electron chi connectivity index (χ1n) is 13.9. The van der Waals surface area contributed by atoms with Gasteiger partial charge in [-0.15, -0.1) is 0 Å². The maximum Gasteiger partial charge on any atom is 0.329 e. The van der Waals surface area contributed by atoms with E-state index < -0.39 is 6.03 Å². The Labute approximate surface area is 243 Å². The molecule has 0 saturated carbocycles. The number of imide groups is 1. The number of nitrogens with zero attached hydrogens (tertiary/aromatic N) is 4. The highest BCUT2D eigenvalue weighted by Gasteiger charge is 2.31. The van der Waals surface area contributed by atoms with Gasteiger partial charge in [0.2, 0.25) is 5.91 Å². The first kappa shape index (κ1) is 27.6. The molecule has 42 heavy (non-hydrogen) atoms. The van der Waals surface area contributed by atoms with Gasteiger partial charge in [-0.2, -0.15) is 0 Å². The summed E-state index contributed by atoms with van der Waals surface area (Å²) in [5.41, 5.74) is 5.54. The third-order valence-electron chi connectivity index (χ3n) is 8.09. The van der Waals surface area contributed by atoms with Crippen molar-refractivity contribution in [2.24, 2.45) is 7.05 Å². The highest BCUT2D eigenvalue weighted by molar-refractivity contribution is 6.05. The molecule has 3 heterocycles. The second-order valence-corrected chi connectivity index (χ2v) is 10.7. The Hall–Kier alpha value is -4.54. The number of aromatic nitrogens is 2. The fourth-order valence-corrected chi connectivity index (χ4v) is 5.73. The van der Waals surface area contributed by atoms with Crippen LogP contribution < -0.4 is 15.0 Å². The summed E-state index contributed by atoms with van der Waals surface area (Å²) in [6.45, 7) is 3.63. The second-order valence-electron chi connectivity index (χ2n) is 10.7. The lowest BCUT2D eigenvalue weighted by Gasteiger charge is -2.26. The van der Waals surface area contributed by atoms with Crippen molar-refractivity contribution in [2.45, 2.75) is 39.1 Å². The van der Waals surface area contributed by atoms with Crippen molar-refractivity contribution in [3.63, 3.8) is 0 Å². The van der Waals surface area contributed by atoms with Crippen LogP contribution in [0.2, 0.25) is 0 Å². The van der Waals surface area contributed by atoms with Crippen molar-refractivity contribution in [1.29, 1.82) is 0 Å². The van der Waals surface area contributed by atoms with Gasteiger partial charge in [-0.05, 0) is 53.4 Å². The van der Waals surface area contributed by atoms with Crippen LogP contribution in [0.3, 0.4) is 0 Å². The largest absolute Gasteiger partial charge is 0.489 e. The minimum Gasteiger partial charge on any atom is -0.489 e. The summed E-state index contributed by atoms with van der Waals surface area (Å²) in [5, 5.41) is 12.7. The maximum absolute atomic E-state index is 14.1. The Morgan fingerprint density at radius 2 is 1.93 bits per heavy atom. The molecular weight excluding hydrogens is 537 g/mol. The molecule has 0 aliphatic carbocycles. The minimum absolute atomic E-state index is 0.0343. The number of aliphatic hydroxyl groups excluding tert-OH is 1. The highest BCUT2D eigenvalue weighted by atomic mass is 19.1. The number of rotatable bonds is 8. The molecule has 6 rings (SSSR count). The van der Waals surface area contributed by atoms with Gasteiger partial charge in [0.25, 0.3) is 0 Å². The number of urea groups is 1. The van der Waals surface area contributed by atoms with E-state index in [1.807, 2.05) is 54.9 Å². The lowest BCUT2D eigenvalue weighted by atomic mass is 10.0. The molecule has 216 valence electrons. The van der Waals surface area contributed by atoms with Crippen LogP contribution in [-0.2, 0) is 31.5 Å². The Balaban J connectivity index is 1.15. The number of anilines is 1. The molecule has 1 fully saturated rings. The minimum atomic E-state index is -0.453. The third-order valence-corrected chi connectivity index (χ3v) is 8.09. The molecule has 10 heteroatoms. The number of fused-ring (bicyclic) bond motifs is 1. The number of amides is 3. The predicted molar refractivity (Wildman–Crippen MR) is 155 cm³/mol. The Kier molecular flexibility index (Phi) is 7.49. The number of halogens is 1. The molecule has 4 aromatic rings. The number of carbonyl (C=O) groups excluding carboxylic acids is 2. The Morgan fingerprint density at radius 1 is 1.12 bits per heavy atom. The Morgan fingerprint density at radius 3 is 2.67 bits per heavy atom. The van der Waals surface area contributed by atoms with E-state index in [0.717, 1.165) is 27.8 Å². The van der Waals surface area contributed by atoms with E-state index >= 15 is 0 Å². The van der Waals surface area contributed by atoms with Gasteiger partial charge in [-0.25, -0.2) is 14.2 Å². The lowest BCUT2D eigenvalue weighted by Crippen LogP contribution is -2.50. The van der Waals surface area contributed by atoms with Crippen LogP contribution in [0.25, 0.3) is 11.4 Å². The van der Waals surface area contributed by atoms with Crippen LogP contribution in [0.4, 0.5) is 15.0 Å². The fraction of sp³-hybridized carbons (Fsp3) is 0.281. The van der Waals surface area contributed by atoms with Crippen LogP contribution >= 0.6 is 0 Å². The molecule has 2 aliphatic heterocycles. The third kappa shape index (κ3) is 5.26. The van der Waals surface area contributed by atoms with Crippen LogP contribution in [0.15, 0.2) is 66.9 Å². The molecule has 3 amide bonds. The summed E-state index contributed by atoms with van der Waals surface area (Å²) in [6.07, 6.45) is 1.88. The molecule has 0 spiro atoms. The standard InChI is InChI=1S/C32H32FN5O4/c1-20-4-3-5-27(33)26(20)19-42-24-10-6-21(7-11-24)16-37-17-23-9-8-22(14-25(23)28(37)18-39)31-34-15-30(36(31)2)38-13-12-29(40)35-32(38)41/h3-11,14-15,28,39H,12-13,16-19H2,1-2H3,(H,35,40,41)/t28-/m0/s1. The number of hydrogen-bond donors (Lipinski definition) is 2. The Bertz CT molecular complexity index is 1630. The number of ether oxygens (including phenoxy) is 1. The van der Waals surface area contributed by atoms with Crippen LogP contribution in [-0.4, -0.2) is 44.6 Å². The summed E-state index contributed by atoms with van der Waals surface area (Å²) in [7, 11) is 1.84. The smallest absolute Gasteiger partial charge is 0.329 e. The van der Waals surface area contributed by atoms with E-state index in [2.05, 4.69) is 27.3 Å². The first-order chi connectivity index (χ1) is 20.3. The van der Waals surface area contributed by atoms with Gasteiger partial charge < -0.3 is 14.4 Å². The highest BCUT2D eigenvalue weighted by Crippen LogP contribution is 2.37. The van der Waals surface area contributed by atoms with E-state index in [-0.39, 0.29) is 37.4 Å². The molecule has 2 aliphatic rings. The van der Waals surface area contributed by atoms with Crippen molar-refractivity contribution in [1.82, 2.24) is 19.8 Å². The number of benzene rings is 3. The lowest BCUT2D eigenvalue weighted by molar-refractivity contribution is -0.120. The number of hydrogen-bond acceptors (Lipinski definition) is 6. The number of aliphatic hydroxyl groups is 1. The molecule has 2 N–H and O–H groups in total. The van der Waals surface area contributed by atoms with Crippen molar-refractivity contribution in [2.75, 3.05) is 18.1 Å². The first-order valence-corrected chi connectivity index (χ1v) is 13.9. The number of nitrogens with one attached hydrogen (secondary N) is 1. The number of imidazole rings is 1.